The highest BCUT2D eigenvalue weighted by molar-refractivity contribution is 6.33. The van der Waals surface area contributed by atoms with Crippen molar-refractivity contribution in [1.29, 1.82) is 0 Å². The first-order chi connectivity index (χ1) is 14.3. The Morgan fingerprint density at radius 3 is 2.47 bits per heavy atom. The molecule has 1 heterocycles. The van der Waals surface area contributed by atoms with Crippen LogP contribution >= 0.6 is 11.6 Å². The fourth-order valence-electron chi connectivity index (χ4n) is 2.85. The molecule has 3 N–H and O–H groups in total. The number of anilines is 2. The van der Waals surface area contributed by atoms with Crippen molar-refractivity contribution in [3.05, 3.63) is 53.3 Å². The number of urea groups is 1. The molecular weight excluding hydrogens is 408 g/mol. The van der Waals surface area contributed by atoms with Crippen molar-refractivity contribution in [1.82, 2.24) is 10.3 Å². The van der Waals surface area contributed by atoms with Crippen LogP contribution in [0, 0.1) is 0 Å². The summed E-state index contributed by atoms with van der Waals surface area (Å²) in [6, 6.07) is 7.64. The zero-order valence-corrected chi connectivity index (χ0v) is 17.9. The van der Waals surface area contributed by atoms with Crippen molar-refractivity contribution in [3.8, 4) is 0 Å². The van der Waals surface area contributed by atoms with Crippen LogP contribution in [-0.4, -0.2) is 30.0 Å². The Balaban J connectivity index is 2.19. The molecule has 0 saturated heterocycles. The van der Waals surface area contributed by atoms with Crippen molar-refractivity contribution in [2.45, 2.75) is 38.6 Å². The minimum Gasteiger partial charge on any atom is -0.469 e. The van der Waals surface area contributed by atoms with Gasteiger partial charge in [-0.3, -0.25) is 14.6 Å². The molecule has 0 radical (unpaired) electrons. The fraction of sp³-hybridized carbons (Fsp3) is 0.333. The van der Waals surface area contributed by atoms with Gasteiger partial charge >= 0.3 is 12.0 Å². The summed E-state index contributed by atoms with van der Waals surface area (Å²) in [5, 5.41) is 8.54. The monoisotopic (exact) mass is 432 g/mol. The number of ether oxygens (including phenoxy) is 1. The maximum Gasteiger partial charge on any atom is 0.319 e. The molecule has 1 atom stereocenters. The number of esters is 1. The molecular formula is C21H25ClN4O4. The van der Waals surface area contributed by atoms with Crippen LogP contribution in [0.1, 0.15) is 38.7 Å². The number of rotatable bonds is 8. The van der Waals surface area contributed by atoms with Crippen LogP contribution in [0.3, 0.4) is 0 Å². The number of methoxy groups -OCH3 is 1. The van der Waals surface area contributed by atoms with E-state index in [0.29, 0.717) is 28.4 Å². The molecule has 30 heavy (non-hydrogen) atoms. The summed E-state index contributed by atoms with van der Waals surface area (Å²) in [6.45, 7) is 3.62. The summed E-state index contributed by atoms with van der Waals surface area (Å²) >= 11 is 6.20. The van der Waals surface area contributed by atoms with Gasteiger partial charge in [-0.25, -0.2) is 4.79 Å². The van der Waals surface area contributed by atoms with Gasteiger partial charge in [-0.1, -0.05) is 18.5 Å². The fourth-order valence-corrected chi connectivity index (χ4v) is 3.02. The normalized spacial score (nSPS) is 12.4. The number of nitrogens with one attached hydrogen (secondary N) is 3. The topological polar surface area (TPSA) is 109 Å². The third-order valence-corrected chi connectivity index (χ3v) is 4.74. The first-order valence-corrected chi connectivity index (χ1v) is 9.81. The summed E-state index contributed by atoms with van der Waals surface area (Å²) in [5.41, 5.74) is 0.474. The van der Waals surface area contributed by atoms with Crippen LogP contribution in [0.4, 0.5) is 16.2 Å². The highest BCUT2D eigenvalue weighted by Gasteiger charge is 2.32. The molecule has 3 amide bonds. The van der Waals surface area contributed by atoms with Gasteiger partial charge in [0, 0.05) is 24.5 Å². The van der Waals surface area contributed by atoms with Gasteiger partial charge in [-0.15, -0.1) is 0 Å². The largest absolute Gasteiger partial charge is 0.469 e. The summed E-state index contributed by atoms with van der Waals surface area (Å²) in [4.78, 5) is 40.4. The maximum absolute atomic E-state index is 12.7. The van der Waals surface area contributed by atoms with E-state index in [9.17, 15) is 14.4 Å². The van der Waals surface area contributed by atoms with E-state index in [1.165, 1.54) is 7.11 Å². The van der Waals surface area contributed by atoms with Crippen LogP contribution < -0.4 is 16.0 Å². The predicted octanol–water partition coefficient (Wildman–Crippen LogP) is 4.07. The van der Waals surface area contributed by atoms with E-state index < -0.39 is 17.5 Å². The van der Waals surface area contributed by atoms with Gasteiger partial charge in [0.1, 0.15) is 0 Å². The van der Waals surface area contributed by atoms with Gasteiger partial charge in [0.2, 0.25) is 5.91 Å². The third-order valence-electron chi connectivity index (χ3n) is 4.41. The van der Waals surface area contributed by atoms with Crippen molar-refractivity contribution in [2.24, 2.45) is 0 Å². The van der Waals surface area contributed by atoms with Crippen molar-refractivity contribution < 1.29 is 19.1 Å². The third kappa shape index (κ3) is 6.45. The van der Waals surface area contributed by atoms with Crippen LogP contribution in [0.5, 0.6) is 0 Å². The number of nitrogens with zero attached hydrogens (tertiary/aromatic N) is 1. The Labute approximate surface area is 180 Å². The van der Waals surface area contributed by atoms with Gasteiger partial charge in [0.15, 0.2) is 0 Å². The quantitative estimate of drug-likeness (QED) is 0.544. The number of amides is 3. The Morgan fingerprint density at radius 1 is 1.13 bits per heavy atom. The van der Waals surface area contributed by atoms with Crippen LogP contribution in [0.25, 0.3) is 0 Å². The smallest absolute Gasteiger partial charge is 0.319 e. The van der Waals surface area contributed by atoms with E-state index in [-0.39, 0.29) is 12.3 Å². The summed E-state index contributed by atoms with van der Waals surface area (Å²) < 4.78 is 4.77. The first-order valence-electron chi connectivity index (χ1n) is 9.43. The second-order valence-corrected chi connectivity index (χ2v) is 7.30. The number of carbonyl (C=O) groups excluding carboxylic acids is 3. The summed E-state index contributed by atoms with van der Waals surface area (Å²) in [6.07, 6.45) is 4.18. The van der Waals surface area contributed by atoms with Crippen LogP contribution in [0.2, 0.25) is 5.02 Å². The molecule has 0 aliphatic rings. The van der Waals surface area contributed by atoms with Crippen molar-refractivity contribution in [3.63, 3.8) is 0 Å². The minimum absolute atomic E-state index is 0.0816. The molecule has 0 aliphatic carbocycles. The zero-order chi connectivity index (χ0) is 22.1. The maximum atomic E-state index is 12.7. The molecule has 2 aromatic rings. The average Bonchev–Trinajstić information content (AvgIpc) is 2.71. The number of hydrogen-bond donors (Lipinski definition) is 3. The van der Waals surface area contributed by atoms with Gasteiger partial charge < -0.3 is 20.7 Å². The van der Waals surface area contributed by atoms with Crippen molar-refractivity contribution in [2.75, 3.05) is 17.7 Å². The molecule has 1 aromatic carbocycles. The van der Waals surface area contributed by atoms with Gasteiger partial charge in [-0.2, -0.15) is 0 Å². The van der Waals surface area contributed by atoms with E-state index in [2.05, 4.69) is 20.9 Å². The lowest BCUT2D eigenvalue weighted by molar-refractivity contribution is -0.142. The molecule has 8 nitrogen and oxygen atoms in total. The van der Waals surface area contributed by atoms with Crippen LogP contribution in [0.15, 0.2) is 42.7 Å². The molecule has 0 aliphatic heterocycles. The van der Waals surface area contributed by atoms with Gasteiger partial charge in [0.05, 0.1) is 29.8 Å². The zero-order valence-electron chi connectivity index (χ0n) is 17.1. The van der Waals surface area contributed by atoms with Crippen molar-refractivity contribution >= 4 is 40.9 Å². The number of carbonyl (C=O) groups is 3. The standard InChI is InChI=1S/C21H25ClN4O4/c1-4-5-18(27)24-15-6-7-16(22)17(12-15)25-20(29)26-21(2,13-19(28)30-3)14-8-10-23-11-9-14/h6-12H,4-5,13H2,1-3H3,(H,24,27)(H2,25,26,29)/t21-/m1/s1. The average molecular weight is 433 g/mol. The molecule has 0 bridgehead atoms. The predicted molar refractivity (Wildman–Crippen MR) is 115 cm³/mol. The number of benzene rings is 1. The lowest BCUT2D eigenvalue weighted by atomic mass is 9.89. The Bertz CT molecular complexity index is 907. The van der Waals surface area contributed by atoms with Crippen LogP contribution in [-0.2, 0) is 19.9 Å². The van der Waals surface area contributed by atoms with E-state index >= 15 is 0 Å². The number of hydrogen-bond acceptors (Lipinski definition) is 5. The number of aromatic nitrogens is 1. The molecule has 0 saturated carbocycles. The SMILES string of the molecule is CCCC(=O)Nc1ccc(Cl)c(NC(=O)N[C@](C)(CC(=O)OC)c2ccncc2)c1. The highest BCUT2D eigenvalue weighted by Crippen LogP contribution is 2.28. The molecule has 1 aromatic heterocycles. The summed E-state index contributed by atoms with van der Waals surface area (Å²) in [5.74, 6) is -0.605. The second-order valence-electron chi connectivity index (χ2n) is 6.89. The minimum atomic E-state index is -1.04. The number of pyridine rings is 1. The van der Waals surface area contributed by atoms with Gasteiger partial charge in [0.25, 0.3) is 0 Å². The van der Waals surface area contributed by atoms with E-state index in [1.54, 1.807) is 49.6 Å². The molecule has 9 heteroatoms. The highest BCUT2D eigenvalue weighted by atomic mass is 35.5. The Kier molecular flexibility index (Phi) is 8.17. The Morgan fingerprint density at radius 2 is 1.83 bits per heavy atom. The molecule has 0 spiro atoms. The first kappa shape index (κ1) is 23.2. The second kappa shape index (κ2) is 10.6. The molecule has 160 valence electrons. The Hall–Kier alpha value is -3.13. The molecule has 0 unspecified atom stereocenters. The van der Waals surface area contributed by atoms with Gasteiger partial charge in [-0.05, 0) is 49.2 Å². The lowest BCUT2D eigenvalue weighted by Crippen LogP contribution is -2.47. The lowest BCUT2D eigenvalue weighted by Gasteiger charge is -2.30. The van der Waals surface area contributed by atoms with E-state index in [0.717, 1.165) is 6.42 Å². The van der Waals surface area contributed by atoms with E-state index in [4.69, 9.17) is 16.3 Å². The number of halogens is 1. The van der Waals surface area contributed by atoms with E-state index in [1.807, 2.05) is 6.92 Å². The summed E-state index contributed by atoms with van der Waals surface area (Å²) in [7, 11) is 1.29. The molecule has 2 rings (SSSR count). The molecule has 0 fully saturated rings.